The van der Waals surface area contributed by atoms with Crippen molar-refractivity contribution in [3.63, 3.8) is 0 Å². The summed E-state index contributed by atoms with van der Waals surface area (Å²) in [6, 6.07) is 9.87. The minimum absolute atomic E-state index is 0. The molecule has 2 rings (SSSR count). The van der Waals surface area contributed by atoms with Gasteiger partial charge in [-0.25, -0.2) is 0 Å². The summed E-state index contributed by atoms with van der Waals surface area (Å²) in [6.45, 7) is 3.72. The first kappa shape index (κ1) is 21.0. The Hall–Kier alpha value is -0.306. The maximum absolute atomic E-state index is 8.56. The second-order valence-corrected chi connectivity index (χ2v) is 2.75. The van der Waals surface area contributed by atoms with Gasteiger partial charge in [0, 0.05) is 0 Å². The first-order chi connectivity index (χ1) is 6.29. The van der Waals surface area contributed by atoms with Crippen LogP contribution in [-0.4, -0.2) is 11.2 Å². The summed E-state index contributed by atoms with van der Waals surface area (Å²) in [5.41, 5.74) is 1.07. The summed E-state index contributed by atoms with van der Waals surface area (Å²) < 4.78 is 0. The zero-order valence-electron chi connectivity index (χ0n) is 8.63. The van der Waals surface area contributed by atoms with E-state index < -0.39 is 0 Å². The summed E-state index contributed by atoms with van der Waals surface area (Å²) in [5.74, 6) is 0. The van der Waals surface area contributed by atoms with Crippen LogP contribution in [-0.2, 0) is 18.6 Å². The Morgan fingerprint density at radius 1 is 0.938 bits per heavy atom. The summed E-state index contributed by atoms with van der Waals surface area (Å²) in [6.07, 6.45) is 6.78. The smallest absolute Gasteiger partial charge is 1.00 e. The molecule has 87 valence electrons. The van der Waals surface area contributed by atoms with Crippen LogP contribution in [0.4, 0.5) is 0 Å². The Labute approximate surface area is 121 Å². The molecule has 1 nitrogen and oxygen atoms in total. The van der Waals surface area contributed by atoms with Crippen molar-refractivity contribution in [2.45, 2.75) is 6.10 Å². The number of rotatable bonds is 0. The molecule has 0 atom stereocenters. The predicted molar refractivity (Wildman–Crippen MR) is 55.2 cm³/mol. The van der Waals surface area contributed by atoms with Crippen molar-refractivity contribution in [1.82, 2.24) is 0 Å². The zero-order valence-corrected chi connectivity index (χ0v) is 11.5. The Kier molecular flexibility index (Phi) is 16.8. The second kappa shape index (κ2) is 12.8. The maximum atomic E-state index is 8.56. The number of hydrogen-bond acceptors (Lipinski definition) is 1. The minimum Gasteiger partial charge on any atom is -1.00 e. The SMILES string of the molecule is OC1C=CC=C1.[CH2-]c1ccccc1.[Cl-].[Cl-].[V+2]. The number of aliphatic hydroxyl groups is 1. The Balaban J connectivity index is -0.000000179. The largest absolute Gasteiger partial charge is 2.00 e. The average molecular weight is 295 g/mol. The van der Waals surface area contributed by atoms with Gasteiger partial charge in [0.15, 0.2) is 0 Å². The molecule has 0 aromatic heterocycles. The molecule has 0 saturated heterocycles. The molecule has 1 N–H and O–H groups in total. The summed E-state index contributed by atoms with van der Waals surface area (Å²) in [4.78, 5) is 0. The molecule has 0 amide bonds. The molecule has 0 heterocycles. The Bertz CT molecular complexity index is 287. The first-order valence-corrected chi connectivity index (χ1v) is 4.19. The van der Waals surface area contributed by atoms with Crippen LogP contribution in [0, 0.1) is 6.92 Å². The fraction of sp³-hybridized carbons (Fsp3) is 0.0833. The van der Waals surface area contributed by atoms with E-state index in [2.05, 4.69) is 6.92 Å². The quantitative estimate of drug-likeness (QED) is 0.490. The normalized spacial score (nSPS) is 11.3. The summed E-state index contributed by atoms with van der Waals surface area (Å²) >= 11 is 0. The molecule has 0 saturated carbocycles. The molecule has 16 heavy (non-hydrogen) atoms. The fourth-order valence-electron chi connectivity index (χ4n) is 0.898. The van der Waals surface area contributed by atoms with E-state index in [1.807, 2.05) is 42.5 Å². The molecule has 1 aliphatic carbocycles. The van der Waals surface area contributed by atoms with Crippen molar-refractivity contribution in [1.29, 1.82) is 0 Å². The van der Waals surface area contributed by atoms with Crippen molar-refractivity contribution in [2.24, 2.45) is 0 Å². The van der Waals surface area contributed by atoms with Crippen LogP contribution in [0.1, 0.15) is 5.56 Å². The molecule has 1 aliphatic rings. The van der Waals surface area contributed by atoms with E-state index in [0.29, 0.717) is 0 Å². The minimum atomic E-state index is -0.315. The van der Waals surface area contributed by atoms with Crippen LogP contribution >= 0.6 is 0 Å². The van der Waals surface area contributed by atoms with Gasteiger partial charge in [0.25, 0.3) is 0 Å². The first-order valence-electron chi connectivity index (χ1n) is 4.19. The monoisotopic (exact) mass is 294 g/mol. The number of hydrogen-bond donors (Lipinski definition) is 1. The molecule has 4 heteroatoms. The predicted octanol–water partition coefficient (Wildman–Crippen LogP) is -3.65. The van der Waals surface area contributed by atoms with Crippen molar-refractivity contribution < 1.29 is 48.5 Å². The van der Waals surface area contributed by atoms with Crippen LogP contribution in [0.3, 0.4) is 0 Å². The van der Waals surface area contributed by atoms with Gasteiger partial charge in [-0.15, -0.1) is 12.1 Å². The van der Waals surface area contributed by atoms with Gasteiger partial charge < -0.3 is 29.9 Å². The van der Waals surface area contributed by atoms with Crippen LogP contribution in [0.2, 0.25) is 0 Å². The van der Waals surface area contributed by atoms with Gasteiger partial charge in [-0.05, 0) is 0 Å². The van der Waals surface area contributed by atoms with Crippen molar-refractivity contribution in [3.8, 4) is 0 Å². The van der Waals surface area contributed by atoms with E-state index in [1.165, 1.54) is 0 Å². The summed E-state index contributed by atoms with van der Waals surface area (Å²) in [7, 11) is 0. The molecule has 0 unspecified atom stereocenters. The number of allylic oxidation sites excluding steroid dienone is 2. The van der Waals surface area contributed by atoms with Crippen molar-refractivity contribution in [3.05, 3.63) is 67.1 Å². The second-order valence-electron chi connectivity index (χ2n) is 2.75. The summed E-state index contributed by atoms with van der Waals surface area (Å²) in [5, 5.41) is 8.56. The number of aliphatic hydroxyl groups excluding tert-OH is 1. The van der Waals surface area contributed by atoms with Gasteiger partial charge in [0.1, 0.15) is 0 Å². The molecular formula is C12H13Cl2OV-. The van der Waals surface area contributed by atoms with E-state index in [9.17, 15) is 0 Å². The van der Waals surface area contributed by atoms with Gasteiger partial charge in [0.2, 0.25) is 0 Å². The molecule has 1 radical (unpaired) electrons. The van der Waals surface area contributed by atoms with E-state index >= 15 is 0 Å². The van der Waals surface area contributed by atoms with Crippen LogP contribution < -0.4 is 24.8 Å². The third-order valence-electron chi connectivity index (χ3n) is 1.57. The van der Waals surface area contributed by atoms with Gasteiger partial charge in [-0.2, -0.15) is 24.6 Å². The Morgan fingerprint density at radius 2 is 1.38 bits per heavy atom. The Morgan fingerprint density at radius 3 is 1.56 bits per heavy atom. The van der Waals surface area contributed by atoms with E-state index in [1.54, 1.807) is 12.2 Å². The van der Waals surface area contributed by atoms with Crippen molar-refractivity contribution in [2.75, 3.05) is 0 Å². The molecule has 0 bridgehead atoms. The van der Waals surface area contributed by atoms with Crippen molar-refractivity contribution >= 4 is 0 Å². The molecule has 1 aromatic carbocycles. The fourth-order valence-corrected chi connectivity index (χ4v) is 0.898. The standard InChI is InChI=1S/C7H7.C5H6O.2ClH.V/c1-7-5-3-2-4-6-7;6-5-3-1-2-4-5;;;/h2-6H,1H2;1-6H;2*1H;/q-1;;;;+2/p-2. The van der Waals surface area contributed by atoms with Crippen LogP contribution in [0.25, 0.3) is 0 Å². The number of benzene rings is 1. The number of halogens is 2. The molecule has 1 aromatic rings. The van der Waals surface area contributed by atoms with Gasteiger partial charge in [-0.3, -0.25) is 0 Å². The molecular weight excluding hydrogens is 282 g/mol. The van der Waals surface area contributed by atoms with E-state index in [0.717, 1.165) is 5.56 Å². The third-order valence-corrected chi connectivity index (χ3v) is 1.57. The third kappa shape index (κ3) is 10.2. The zero-order chi connectivity index (χ0) is 9.52. The van der Waals surface area contributed by atoms with Gasteiger partial charge in [0.05, 0.1) is 6.10 Å². The van der Waals surface area contributed by atoms with Crippen LogP contribution in [0.15, 0.2) is 54.6 Å². The molecule has 0 aliphatic heterocycles. The topological polar surface area (TPSA) is 20.2 Å². The van der Waals surface area contributed by atoms with Gasteiger partial charge >= 0.3 is 18.6 Å². The van der Waals surface area contributed by atoms with Gasteiger partial charge in [-0.1, -0.05) is 30.4 Å². The molecule has 0 spiro atoms. The maximum Gasteiger partial charge on any atom is 2.00 e. The van der Waals surface area contributed by atoms with Crippen LogP contribution in [0.5, 0.6) is 0 Å². The average Bonchev–Trinajstić information content (AvgIpc) is 2.58. The van der Waals surface area contributed by atoms with E-state index in [-0.39, 0.29) is 49.5 Å². The van der Waals surface area contributed by atoms with E-state index in [4.69, 9.17) is 5.11 Å². The molecule has 0 fully saturated rings.